The molecule has 0 amide bonds. The van der Waals surface area contributed by atoms with Crippen LogP contribution in [0.15, 0.2) is 44.2 Å². The van der Waals surface area contributed by atoms with Crippen LogP contribution in [0.5, 0.6) is 0 Å². The Kier molecular flexibility index (Phi) is 2.19. The second kappa shape index (κ2) is 3.73. The third kappa shape index (κ3) is 1.66. The fourth-order valence-corrected chi connectivity index (χ4v) is 1.82. The quantitative estimate of drug-likeness (QED) is 0.700. The van der Waals surface area contributed by atoms with E-state index in [-0.39, 0.29) is 5.78 Å². The van der Waals surface area contributed by atoms with Gasteiger partial charge in [0.05, 0.1) is 11.1 Å². The van der Waals surface area contributed by atoms with E-state index >= 15 is 0 Å². The van der Waals surface area contributed by atoms with Crippen molar-refractivity contribution >= 4 is 16.9 Å². The number of furan rings is 1. The standard InChI is InChI=1S/C13H9NO4/c1-7-4-9(6-17-7)12(15)8-2-3-10-11(5-8)18-13(16)14-10/h2-6H,1H3,(H,14,16). The molecule has 0 radical (unpaired) electrons. The predicted octanol–water partition coefficient (Wildman–Crippen LogP) is 2.25. The van der Waals surface area contributed by atoms with Gasteiger partial charge >= 0.3 is 5.76 Å². The first-order valence-corrected chi connectivity index (χ1v) is 5.36. The van der Waals surface area contributed by atoms with E-state index < -0.39 is 5.76 Å². The van der Waals surface area contributed by atoms with E-state index in [1.807, 2.05) is 0 Å². The number of hydrogen-bond donors (Lipinski definition) is 1. The van der Waals surface area contributed by atoms with Crippen LogP contribution in [0.3, 0.4) is 0 Å². The average molecular weight is 243 g/mol. The maximum Gasteiger partial charge on any atom is 0.417 e. The SMILES string of the molecule is Cc1cc(C(=O)c2ccc3[nH]c(=O)oc3c2)co1. The number of fused-ring (bicyclic) bond motifs is 1. The summed E-state index contributed by atoms with van der Waals surface area (Å²) in [7, 11) is 0. The summed E-state index contributed by atoms with van der Waals surface area (Å²) < 4.78 is 10.0. The van der Waals surface area contributed by atoms with Crippen LogP contribution >= 0.6 is 0 Å². The summed E-state index contributed by atoms with van der Waals surface area (Å²) in [5.74, 6) is -0.0287. The third-order valence-corrected chi connectivity index (χ3v) is 2.68. The molecule has 0 spiro atoms. The van der Waals surface area contributed by atoms with Crippen molar-refractivity contribution in [3.05, 3.63) is 58.0 Å². The van der Waals surface area contributed by atoms with Crippen molar-refractivity contribution in [3.63, 3.8) is 0 Å². The van der Waals surface area contributed by atoms with Gasteiger partial charge in [-0.15, -0.1) is 0 Å². The fourth-order valence-electron chi connectivity index (χ4n) is 1.82. The molecule has 1 aromatic carbocycles. The highest BCUT2D eigenvalue weighted by Crippen LogP contribution is 2.17. The number of hydrogen-bond acceptors (Lipinski definition) is 4. The summed E-state index contributed by atoms with van der Waals surface area (Å²) in [6.07, 6.45) is 1.41. The fraction of sp³-hybridized carbons (Fsp3) is 0.0769. The lowest BCUT2D eigenvalue weighted by Gasteiger charge is -1.96. The Labute approximate surface area is 101 Å². The van der Waals surface area contributed by atoms with Crippen LogP contribution in [0.4, 0.5) is 0 Å². The van der Waals surface area contributed by atoms with Gasteiger partial charge in [-0.1, -0.05) is 0 Å². The average Bonchev–Trinajstić information content (AvgIpc) is 2.92. The summed E-state index contributed by atoms with van der Waals surface area (Å²) in [6.45, 7) is 1.77. The highest BCUT2D eigenvalue weighted by molar-refractivity contribution is 6.10. The van der Waals surface area contributed by atoms with Gasteiger partial charge in [-0.3, -0.25) is 9.78 Å². The lowest BCUT2D eigenvalue weighted by Crippen LogP contribution is -1.98. The molecule has 0 fully saturated rings. The lowest BCUT2D eigenvalue weighted by atomic mass is 10.1. The van der Waals surface area contributed by atoms with E-state index in [1.54, 1.807) is 25.1 Å². The Balaban J connectivity index is 2.08. The van der Waals surface area contributed by atoms with Gasteiger partial charge in [0.25, 0.3) is 0 Å². The number of carbonyl (C=O) groups is 1. The molecule has 0 aliphatic carbocycles. The van der Waals surface area contributed by atoms with Crippen LogP contribution in [0, 0.1) is 6.92 Å². The van der Waals surface area contributed by atoms with Gasteiger partial charge in [0.2, 0.25) is 0 Å². The second-order valence-electron chi connectivity index (χ2n) is 4.00. The van der Waals surface area contributed by atoms with Crippen molar-refractivity contribution in [1.29, 1.82) is 0 Å². The zero-order valence-corrected chi connectivity index (χ0v) is 9.52. The molecule has 90 valence electrons. The lowest BCUT2D eigenvalue weighted by molar-refractivity contribution is 0.103. The number of nitrogens with one attached hydrogen (secondary N) is 1. The van der Waals surface area contributed by atoms with Crippen molar-refractivity contribution in [2.75, 3.05) is 0 Å². The zero-order chi connectivity index (χ0) is 12.7. The predicted molar refractivity (Wildman–Crippen MR) is 63.7 cm³/mol. The van der Waals surface area contributed by atoms with Crippen LogP contribution in [0.25, 0.3) is 11.1 Å². The molecule has 0 bridgehead atoms. The molecule has 5 nitrogen and oxygen atoms in total. The van der Waals surface area contributed by atoms with Gasteiger partial charge in [0.1, 0.15) is 12.0 Å². The Bertz CT molecular complexity index is 791. The van der Waals surface area contributed by atoms with Crippen LogP contribution < -0.4 is 5.76 Å². The minimum atomic E-state index is -0.534. The second-order valence-corrected chi connectivity index (χ2v) is 4.00. The first-order valence-electron chi connectivity index (χ1n) is 5.36. The molecule has 3 rings (SSSR count). The molecule has 0 aliphatic rings. The maximum absolute atomic E-state index is 12.1. The largest absolute Gasteiger partial charge is 0.469 e. The molecule has 2 heterocycles. The van der Waals surface area contributed by atoms with E-state index in [9.17, 15) is 9.59 Å². The van der Waals surface area contributed by atoms with Gasteiger partial charge in [-0.25, -0.2) is 4.79 Å². The molecule has 0 saturated carbocycles. The highest BCUT2D eigenvalue weighted by Gasteiger charge is 2.13. The van der Waals surface area contributed by atoms with Crippen LogP contribution in [-0.2, 0) is 0 Å². The number of rotatable bonds is 2. The first kappa shape index (κ1) is 10.6. The molecular weight excluding hydrogens is 234 g/mol. The summed E-state index contributed by atoms with van der Waals surface area (Å²) in [6, 6.07) is 6.48. The summed E-state index contributed by atoms with van der Waals surface area (Å²) in [4.78, 5) is 25.7. The van der Waals surface area contributed by atoms with Gasteiger partial charge in [-0.2, -0.15) is 0 Å². The minimum Gasteiger partial charge on any atom is -0.469 e. The molecule has 0 aliphatic heterocycles. The Hall–Kier alpha value is -2.56. The Morgan fingerprint density at radius 3 is 2.78 bits per heavy atom. The summed E-state index contributed by atoms with van der Waals surface area (Å²) in [5.41, 5.74) is 1.86. The number of H-pyrrole nitrogens is 1. The van der Waals surface area contributed by atoms with Crippen LogP contribution in [0.2, 0.25) is 0 Å². The molecule has 3 aromatic rings. The number of aromatic nitrogens is 1. The number of oxazole rings is 1. The molecular formula is C13H9NO4. The van der Waals surface area contributed by atoms with E-state index in [4.69, 9.17) is 8.83 Å². The Morgan fingerprint density at radius 1 is 1.22 bits per heavy atom. The van der Waals surface area contributed by atoms with Gasteiger partial charge in [0, 0.05) is 5.56 Å². The first-order chi connectivity index (χ1) is 8.63. The van der Waals surface area contributed by atoms with Crippen molar-refractivity contribution in [2.45, 2.75) is 6.92 Å². The zero-order valence-electron chi connectivity index (χ0n) is 9.52. The number of benzene rings is 1. The highest BCUT2D eigenvalue weighted by atomic mass is 16.4. The number of ketones is 1. The number of aromatic amines is 1. The van der Waals surface area contributed by atoms with Crippen molar-refractivity contribution < 1.29 is 13.6 Å². The number of carbonyl (C=O) groups excluding carboxylic acids is 1. The van der Waals surface area contributed by atoms with Crippen molar-refractivity contribution in [2.24, 2.45) is 0 Å². The van der Waals surface area contributed by atoms with E-state index in [0.717, 1.165) is 0 Å². The van der Waals surface area contributed by atoms with Crippen LogP contribution in [-0.4, -0.2) is 10.8 Å². The molecule has 1 N–H and O–H groups in total. The van der Waals surface area contributed by atoms with E-state index in [0.29, 0.717) is 28.0 Å². The molecule has 5 heteroatoms. The molecule has 0 unspecified atom stereocenters. The monoisotopic (exact) mass is 243 g/mol. The molecule has 18 heavy (non-hydrogen) atoms. The summed E-state index contributed by atoms with van der Waals surface area (Å²) >= 11 is 0. The Morgan fingerprint density at radius 2 is 2.06 bits per heavy atom. The minimum absolute atomic E-state index is 0.169. The topological polar surface area (TPSA) is 76.2 Å². The van der Waals surface area contributed by atoms with Crippen molar-refractivity contribution in [1.82, 2.24) is 4.98 Å². The normalized spacial score (nSPS) is 10.9. The third-order valence-electron chi connectivity index (χ3n) is 2.68. The van der Waals surface area contributed by atoms with E-state index in [2.05, 4.69) is 4.98 Å². The van der Waals surface area contributed by atoms with Gasteiger partial charge in [-0.05, 0) is 31.2 Å². The number of aryl methyl sites for hydroxylation is 1. The molecule has 0 atom stereocenters. The molecule has 0 saturated heterocycles. The van der Waals surface area contributed by atoms with E-state index in [1.165, 1.54) is 12.3 Å². The summed E-state index contributed by atoms with van der Waals surface area (Å²) in [5, 5.41) is 0. The smallest absolute Gasteiger partial charge is 0.417 e. The maximum atomic E-state index is 12.1. The van der Waals surface area contributed by atoms with Crippen LogP contribution in [0.1, 0.15) is 21.7 Å². The van der Waals surface area contributed by atoms with Crippen molar-refractivity contribution in [3.8, 4) is 0 Å². The van der Waals surface area contributed by atoms with Gasteiger partial charge < -0.3 is 8.83 Å². The molecule has 2 aromatic heterocycles. The van der Waals surface area contributed by atoms with Gasteiger partial charge in [0.15, 0.2) is 11.4 Å².